The van der Waals surface area contributed by atoms with E-state index >= 15 is 0 Å². The maximum atomic E-state index is 9.75. The van der Waals surface area contributed by atoms with E-state index in [1.807, 2.05) is 35.2 Å². The minimum Gasteiger partial charge on any atom is -0.507 e. The first-order chi connectivity index (χ1) is 7.72. The number of benzene rings is 1. The zero-order valence-corrected chi connectivity index (χ0v) is 9.78. The number of aryl methyl sites for hydroxylation is 1. The lowest BCUT2D eigenvalue weighted by atomic mass is 10.1. The Bertz CT molecular complexity index is 511. The van der Waals surface area contributed by atoms with Gasteiger partial charge in [0.1, 0.15) is 17.3 Å². The fraction of sp³-hybridized carbons (Fsp3) is 0.154. The Morgan fingerprint density at radius 1 is 1.19 bits per heavy atom. The van der Waals surface area contributed by atoms with Crippen LogP contribution < -0.4 is 4.57 Å². The molecule has 0 aliphatic heterocycles. The van der Waals surface area contributed by atoms with Crippen molar-refractivity contribution < 1.29 is 9.67 Å². The topological polar surface area (TPSA) is 24.1 Å². The van der Waals surface area contributed by atoms with Gasteiger partial charge in [-0.15, -0.1) is 0 Å². The minimum absolute atomic E-state index is 0.249. The molecule has 0 aliphatic rings. The van der Waals surface area contributed by atoms with Crippen LogP contribution in [0.1, 0.15) is 6.92 Å². The third-order valence-electron chi connectivity index (χ3n) is 2.53. The Balaban J connectivity index is 2.53. The highest BCUT2D eigenvalue weighted by Gasteiger charge is 2.10. The van der Waals surface area contributed by atoms with E-state index in [2.05, 4.69) is 6.92 Å². The standard InChI is InChI=1S/C13H12ClNO/c1-2-15-8-7-10(12(14)9-15)11-5-3-4-6-13(11)16/h3-9H,2H2,1H3/p+1. The van der Waals surface area contributed by atoms with Gasteiger partial charge in [0.05, 0.1) is 0 Å². The highest BCUT2D eigenvalue weighted by Crippen LogP contribution is 2.32. The van der Waals surface area contributed by atoms with Gasteiger partial charge in [-0.25, -0.2) is 4.57 Å². The van der Waals surface area contributed by atoms with Gasteiger partial charge in [-0.2, -0.15) is 0 Å². The molecule has 0 spiro atoms. The van der Waals surface area contributed by atoms with E-state index in [4.69, 9.17) is 11.6 Å². The van der Waals surface area contributed by atoms with Gasteiger partial charge >= 0.3 is 0 Å². The fourth-order valence-corrected chi connectivity index (χ4v) is 1.91. The van der Waals surface area contributed by atoms with Gasteiger partial charge < -0.3 is 5.11 Å². The van der Waals surface area contributed by atoms with Crippen LogP contribution in [-0.2, 0) is 6.54 Å². The summed E-state index contributed by atoms with van der Waals surface area (Å²) in [6, 6.07) is 9.11. The van der Waals surface area contributed by atoms with Crippen LogP contribution in [0.15, 0.2) is 42.7 Å². The molecule has 0 amide bonds. The van der Waals surface area contributed by atoms with Crippen LogP contribution in [0.3, 0.4) is 0 Å². The zero-order chi connectivity index (χ0) is 11.5. The molecule has 0 bridgehead atoms. The summed E-state index contributed by atoms with van der Waals surface area (Å²) < 4.78 is 1.99. The van der Waals surface area contributed by atoms with Gasteiger partial charge in [0.2, 0.25) is 0 Å². The first kappa shape index (κ1) is 11.0. The molecule has 0 radical (unpaired) electrons. The lowest BCUT2D eigenvalue weighted by Crippen LogP contribution is -2.30. The summed E-state index contributed by atoms with van der Waals surface area (Å²) in [5, 5.41) is 10.4. The first-order valence-electron chi connectivity index (χ1n) is 5.19. The normalized spacial score (nSPS) is 10.4. The van der Waals surface area contributed by atoms with Crippen molar-refractivity contribution in [3.63, 3.8) is 0 Å². The van der Waals surface area contributed by atoms with Crippen LogP contribution in [0.2, 0.25) is 5.02 Å². The van der Waals surface area contributed by atoms with Crippen molar-refractivity contribution in [1.29, 1.82) is 0 Å². The Labute approximate surface area is 99.7 Å². The van der Waals surface area contributed by atoms with Crippen LogP contribution in [0.5, 0.6) is 5.75 Å². The maximum Gasteiger partial charge on any atom is 0.188 e. The van der Waals surface area contributed by atoms with E-state index in [1.54, 1.807) is 12.1 Å². The molecular weight excluding hydrogens is 222 g/mol. The van der Waals surface area contributed by atoms with Crippen LogP contribution >= 0.6 is 11.6 Å². The van der Waals surface area contributed by atoms with Crippen molar-refractivity contribution >= 4 is 11.6 Å². The third kappa shape index (κ3) is 2.02. The molecular formula is C13H13ClNO+. The van der Waals surface area contributed by atoms with E-state index in [-0.39, 0.29) is 5.75 Å². The van der Waals surface area contributed by atoms with Crippen molar-refractivity contribution in [3.05, 3.63) is 47.7 Å². The van der Waals surface area contributed by atoms with Crippen molar-refractivity contribution in [2.75, 3.05) is 0 Å². The number of phenols is 1. The predicted molar refractivity (Wildman–Crippen MR) is 64.4 cm³/mol. The lowest BCUT2D eigenvalue weighted by Gasteiger charge is -2.05. The second-order valence-electron chi connectivity index (χ2n) is 3.55. The van der Waals surface area contributed by atoms with Crippen LogP contribution in [0.4, 0.5) is 0 Å². The Morgan fingerprint density at radius 3 is 2.56 bits per heavy atom. The Hall–Kier alpha value is -1.54. The lowest BCUT2D eigenvalue weighted by molar-refractivity contribution is -0.693. The molecule has 0 fully saturated rings. The number of pyridine rings is 1. The number of halogens is 1. The second kappa shape index (κ2) is 4.54. The number of aromatic hydroxyl groups is 1. The molecule has 82 valence electrons. The first-order valence-corrected chi connectivity index (χ1v) is 5.57. The Kier molecular flexibility index (Phi) is 3.11. The smallest absolute Gasteiger partial charge is 0.188 e. The molecule has 0 atom stereocenters. The van der Waals surface area contributed by atoms with Crippen molar-refractivity contribution in [1.82, 2.24) is 0 Å². The summed E-state index contributed by atoms with van der Waals surface area (Å²) in [5.74, 6) is 0.249. The summed E-state index contributed by atoms with van der Waals surface area (Å²) in [6.45, 7) is 2.93. The number of aromatic nitrogens is 1. The van der Waals surface area contributed by atoms with Crippen molar-refractivity contribution in [3.8, 4) is 16.9 Å². The number of hydrogen-bond acceptors (Lipinski definition) is 1. The predicted octanol–water partition coefficient (Wildman–Crippen LogP) is 3.02. The van der Waals surface area contributed by atoms with Crippen LogP contribution in [0, 0.1) is 0 Å². The second-order valence-corrected chi connectivity index (χ2v) is 3.96. The van der Waals surface area contributed by atoms with Gasteiger partial charge in [0.25, 0.3) is 0 Å². The highest BCUT2D eigenvalue weighted by molar-refractivity contribution is 6.33. The summed E-state index contributed by atoms with van der Waals surface area (Å²) in [5.41, 5.74) is 1.61. The largest absolute Gasteiger partial charge is 0.507 e. The molecule has 1 aromatic carbocycles. The average Bonchev–Trinajstić information content (AvgIpc) is 2.30. The van der Waals surface area contributed by atoms with Crippen molar-refractivity contribution in [2.24, 2.45) is 0 Å². The van der Waals surface area contributed by atoms with Gasteiger partial charge in [-0.05, 0) is 13.0 Å². The van der Waals surface area contributed by atoms with E-state index in [1.165, 1.54) is 0 Å². The molecule has 1 heterocycles. The number of nitrogens with zero attached hydrogens (tertiary/aromatic N) is 1. The van der Waals surface area contributed by atoms with Gasteiger partial charge in [-0.1, -0.05) is 29.8 Å². The van der Waals surface area contributed by atoms with Crippen LogP contribution in [0.25, 0.3) is 11.1 Å². The summed E-state index contributed by atoms with van der Waals surface area (Å²) in [6.07, 6.45) is 3.82. The van der Waals surface area contributed by atoms with Crippen LogP contribution in [-0.4, -0.2) is 5.11 Å². The summed E-state index contributed by atoms with van der Waals surface area (Å²) >= 11 is 6.18. The molecule has 0 unspecified atom stereocenters. The van der Waals surface area contributed by atoms with Gasteiger partial charge in [-0.3, -0.25) is 0 Å². The molecule has 2 aromatic rings. The number of rotatable bonds is 2. The number of para-hydroxylation sites is 1. The van der Waals surface area contributed by atoms with E-state index in [0.29, 0.717) is 5.02 Å². The molecule has 1 N–H and O–H groups in total. The van der Waals surface area contributed by atoms with Gasteiger partial charge in [0.15, 0.2) is 12.4 Å². The highest BCUT2D eigenvalue weighted by atomic mass is 35.5. The van der Waals surface area contributed by atoms with Gasteiger partial charge in [0, 0.05) is 17.2 Å². The molecule has 3 heteroatoms. The summed E-state index contributed by atoms with van der Waals surface area (Å²) in [4.78, 5) is 0. The van der Waals surface area contributed by atoms with E-state index in [9.17, 15) is 5.11 Å². The molecule has 0 saturated heterocycles. The Morgan fingerprint density at radius 2 is 1.94 bits per heavy atom. The maximum absolute atomic E-state index is 9.75. The van der Waals surface area contributed by atoms with E-state index < -0.39 is 0 Å². The number of phenolic OH excluding ortho intramolecular Hbond substituents is 1. The molecule has 16 heavy (non-hydrogen) atoms. The quantitative estimate of drug-likeness (QED) is 0.794. The van der Waals surface area contributed by atoms with Crippen molar-refractivity contribution in [2.45, 2.75) is 13.5 Å². The average molecular weight is 235 g/mol. The molecule has 2 nitrogen and oxygen atoms in total. The SMILES string of the molecule is CC[n+]1ccc(-c2ccccc2O)c(Cl)c1. The summed E-state index contributed by atoms with van der Waals surface area (Å²) in [7, 11) is 0. The third-order valence-corrected chi connectivity index (χ3v) is 2.83. The zero-order valence-electron chi connectivity index (χ0n) is 9.02. The van der Waals surface area contributed by atoms with E-state index in [0.717, 1.165) is 17.7 Å². The fourth-order valence-electron chi connectivity index (χ4n) is 1.62. The molecule has 0 aliphatic carbocycles. The molecule has 1 aromatic heterocycles. The monoisotopic (exact) mass is 234 g/mol. The minimum atomic E-state index is 0.249. The number of hydrogen-bond donors (Lipinski definition) is 1. The molecule has 2 rings (SSSR count). The molecule has 0 saturated carbocycles.